The Morgan fingerprint density at radius 2 is 2.20 bits per heavy atom. The third-order valence-corrected chi connectivity index (χ3v) is 3.09. The maximum atomic E-state index is 11.4. The van der Waals surface area contributed by atoms with Gasteiger partial charge in [-0.15, -0.1) is 0 Å². The highest BCUT2D eigenvalue weighted by molar-refractivity contribution is 5.80. The normalized spacial score (nSPS) is 13.7. The Kier molecular flexibility index (Phi) is 4.39. The summed E-state index contributed by atoms with van der Waals surface area (Å²) in [6, 6.07) is 4.61. The summed E-state index contributed by atoms with van der Waals surface area (Å²) in [7, 11) is 1.46. The lowest BCUT2D eigenvalue weighted by atomic mass is 10.2. The van der Waals surface area contributed by atoms with Crippen LogP contribution in [-0.2, 0) is 4.79 Å². The van der Waals surface area contributed by atoms with E-state index < -0.39 is 4.92 Å². The van der Waals surface area contributed by atoms with Gasteiger partial charge in [0, 0.05) is 19.0 Å². The van der Waals surface area contributed by atoms with E-state index in [0.717, 1.165) is 12.8 Å². The highest BCUT2D eigenvalue weighted by Crippen LogP contribution is 2.29. The van der Waals surface area contributed by atoms with Crippen molar-refractivity contribution >= 4 is 17.3 Å². The van der Waals surface area contributed by atoms with E-state index in [2.05, 4.69) is 10.6 Å². The summed E-state index contributed by atoms with van der Waals surface area (Å²) in [5.41, 5.74) is 0.370. The van der Waals surface area contributed by atoms with Gasteiger partial charge in [-0.2, -0.15) is 0 Å². The van der Waals surface area contributed by atoms with E-state index in [1.165, 1.54) is 13.2 Å². The van der Waals surface area contributed by atoms with Gasteiger partial charge in [0.15, 0.2) is 0 Å². The zero-order valence-electron chi connectivity index (χ0n) is 11.2. The molecule has 7 heteroatoms. The van der Waals surface area contributed by atoms with E-state index >= 15 is 0 Å². The van der Waals surface area contributed by atoms with Gasteiger partial charge >= 0.3 is 0 Å². The SMILES string of the molecule is COc1ccc(NCCNC(=O)C2CC2)c([N+](=O)[O-])c1. The zero-order chi connectivity index (χ0) is 14.5. The molecule has 1 aromatic rings. The number of nitro benzene ring substituents is 1. The van der Waals surface area contributed by atoms with Crippen LogP contribution in [0.5, 0.6) is 5.75 Å². The van der Waals surface area contributed by atoms with Crippen LogP contribution in [-0.4, -0.2) is 31.0 Å². The average molecular weight is 279 g/mol. The molecular weight excluding hydrogens is 262 g/mol. The summed E-state index contributed by atoms with van der Waals surface area (Å²) in [5, 5.41) is 16.7. The standard InChI is InChI=1S/C13H17N3O4/c1-20-10-4-5-11(12(8-10)16(18)19)14-6-7-15-13(17)9-2-3-9/h4-5,8-9,14H,2-3,6-7H2,1H3,(H,15,17). The lowest BCUT2D eigenvalue weighted by Crippen LogP contribution is -2.29. The summed E-state index contributed by atoms with van der Waals surface area (Å²) in [6.45, 7) is 0.879. The van der Waals surface area contributed by atoms with Gasteiger partial charge in [0.2, 0.25) is 5.91 Å². The summed E-state index contributed by atoms with van der Waals surface area (Å²) >= 11 is 0. The number of carbonyl (C=O) groups is 1. The molecule has 1 aliphatic carbocycles. The summed E-state index contributed by atoms with van der Waals surface area (Å²) in [5.74, 6) is 0.672. The molecule has 0 atom stereocenters. The first-order valence-electron chi connectivity index (χ1n) is 6.46. The second-order valence-electron chi connectivity index (χ2n) is 4.63. The molecule has 0 radical (unpaired) electrons. The van der Waals surface area contributed by atoms with Crippen LogP contribution in [0.4, 0.5) is 11.4 Å². The molecule has 0 spiro atoms. The molecule has 2 rings (SSSR count). The second kappa shape index (κ2) is 6.23. The minimum absolute atomic E-state index is 0.0436. The monoisotopic (exact) mass is 279 g/mol. The topological polar surface area (TPSA) is 93.5 Å². The average Bonchev–Trinajstić information content (AvgIpc) is 3.27. The van der Waals surface area contributed by atoms with Gasteiger partial charge < -0.3 is 15.4 Å². The molecule has 0 unspecified atom stereocenters. The van der Waals surface area contributed by atoms with Crippen LogP contribution in [0.15, 0.2) is 18.2 Å². The minimum atomic E-state index is -0.465. The number of rotatable bonds is 7. The van der Waals surface area contributed by atoms with Crippen molar-refractivity contribution in [3.8, 4) is 5.75 Å². The van der Waals surface area contributed by atoms with Crippen LogP contribution in [0.25, 0.3) is 0 Å². The number of nitrogens with zero attached hydrogens (tertiary/aromatic N) is 1. The van der Waals surface area contributed by atoms with E-state index in [9.17, 15) is 14.9 Å². The third kappa shape index (κ3) is 3.59. The lowest BCUT2D eigenvalue weighted by molar-refractivity contribution is -0.384. The minimum Gasteiger partial charge on any atom is -0.496 e. The van der Waals surface area contributed by atoms with Gasteiger partial charge in [0.05, 0.1) is 18.1 Å². The van der Waals surface area contributed by atoms with Gasteiger partial charge in [-0.25, -0.2) is 0 Å². The number of hydrogen-bond donors (Lipinski definition) is 2. The predicted molar refractivity (Wildman–Crippen MR) is 73.9 cm³/mol. The maximum Gasteiger partial charge on any atom is 0.296 e. The number of anilines is 1. The van der Waals surface area contributed by atoms with Gasteiger partial charge in [-0.3, -0.25) is 14.9 Å². The Morgan fingerprint density at radius 1 is 1.45 bits per heavy atom. The fraction of sp³-hybridized carbons (Fsp3) is 0.462. The van der Waals surface area contributed by atoms with Crippen molar-refractivity contribution < 1.29 is 14.5 Å². The summed E-state index contributed by atoms with van der Waals surface area (Å²) < 4.78 is 4.96. The molecular formula is C13H17N3O4. The van der Waals surface area contributed by atoms with E-state index in [1.54, 1.807) is 12.1 Å². The van der Waals surface area contributed by atoms with Crippen LogP contribution in [0.1, 0.15) is 12.8 Å². The van der Waals surface area contributed by atoms with Crippen LogP contribution in [0, 0.1) is 16.0 Å². The molecule has 0 aliphatic heterocycles. The molecule has 1 fully saturated rings. The zero-order valence-corrected chi connectivity index (χ0v) is 11.2. The Balaban J connectivity index is 1.87. The van der Waals surface area contributed by atoms with E-state index in [0.29, 0.717) is 24.5 Å². The quantitative estimate of drug-likeness (QED) is 0.448. The fourth-order valence-corrected chi connectivity index (χ4v) is 1.81. The lowest BCUT2D eigenvalue weighted by Gasteiger charge is -2.09. The van der Waals surface area contributed by atoms with Crippen LogP contribution >= 0.6 is 0 Å². The number of nitrogens with one attached hydrogen (secondary N) is 2. The molecule has 20 heavy (non-hydrogen) atoms. The smallest absolute Gasteiger partial charge is 0.296 e. The number of benzene rings is 1. The number of amides is 1. The van der Waals surface area contributed by atoms with Crippen LogP contribution in [0.2, 0.25) is 0 Å². The van der Waals surface area contributed by atoms with Crippen molar-refractivity contribution in [2.75, 3.05) is 25.5 Å². The molecule has 1 amide bonds. The Bertz CT molecular complexity index is 514. The Hall–Kier alpha value is -2.31. The molecule has 0 aromatic heterocycles. The molecule has 108 valence electrons. The van der Waals surface area contributed by atoms with Crippen molar-refractivity contribution in [1.82, 2.24) is 5.32 Å². The van der Waals surface area contributed by atoms with Gasteiger partial charge in [-0.05, 0) is 25.0 Å². The third-order valence-electron chi connectivity index (χ3n) is 3.09. The van der Waals surface area contributed by atoms with Crippen molar-refractivity contribution in [1.29, 1.82) is 0 Å². The van der Waals surface area contributed by atoms with Gasteiger partial charge in [0.25, 0.3) is 5.69 Å². The summed E-state index contributed by atoms with van der Waals surface area (Å²) in [6.07, 6.45) is 1.92. The molecule has 2 N–H and O–H groups in total. The molecule has 1 aliphatic rings. The molecule has 0 bridgehead atoms. The fourth-order valence-electron chi connectivity index (χ4n) is 1.81. The predicted octanol–water partition coefficient (Wildman–Crippen LogP) is 1.54. The first kappa shape index (κ1) is 14.1. The highest BCUT2D eigenvalue weighted by atomic mass is 16.6. The molecule has 1 aromatic carbocycles. The molecule has 1 saturated carbocycles. The second-order valence-corrected chi connectivity index (χ2v) is 4.63. The van der Waals surface area contributed by atoms with Crippen LogP contribution in [0.3, 0.4) is 0 Å². The van der Waals surface area contributed by atoms with E-state index in [4.69, 9.17) is 4.74 Å². The Morgan fingerprint density at radius 3 is 2.80 bits per heavy atom. The molecule has 0 saturated heterocycles. The van der Waals surface area contributed by atoms with Gasteiger partial charge in [-0.1, -0.05) is 0 Å². The van der Waals surface area contributed by atoms with E-state index in [1.807, 2.05) is 0 Å². The van der Waals surface area contributed by atoms with E-state index in [-0.39, 0.29) is 17.5 Å². The number of methoxy groups -OCH3 is 1. The summed E-state index contributed by atoms with van der Waals surface area (Å²) in [4.78, 5) is 21.9. The van der Waals surface area contributed by atoms with Crippen molar-refractivity contribution in [2.24, 2.45) is 5.92 Å². The van der Waals surface area contributed by atoms with Crippen molar-refractivity contribution in [3.05, 3.63) is 28.3 Å². The van der Waals surface area contributed by atoms with Crippen molar-refractivity contribution in [2.45, 2.75) is 12.8 Å². The highest BCUT2D eigenvalue weighted by Gasteiger charge is 2.29. The number of carbonyl (C=O) groups excluding carboxylic acids is 1. The first-order valence-corrected chi connectivity index (χ1v) is 6.46. The maximum absolute atomic E-state index is 11.4. The van der Waals surface area contributed by atoms with Gasteiger partial charge in [0.1, 0.15) is 11.4 Å². The molecule has 0 heterocycles. The van der Waals surface area contributed by atoms with Crippen molar-refractivity contribution in [3.63, 3.8) is 0 Å². The van der Waals surface area contributed by atoms with Crippen LogP contribution < -0.4 is 15.4 Å². The first-order chi connectivity index (χ1) is 9.61. The number of hydrogen-bond acceptors (Lipinski definition) is 5. The molecule has 7 nitrogen and oxygen atoms in total. The Labute approximate surface area is 116 Å². The number of nitro groups is 1. The largest absolute Gasteiger partial charge is 0.496 e. The number of ether oxygens (including phenoxy) is 1.